The van der Waals surface area contributed by atoms with Crippen LogP contribution in [0.25, 0.3) is 0 Å². The lowest BCUT2D eigenvalue weighted by Crippen LogP contribution is -2.29. The number of aliphatic carboxylic acids is 1. The third kappa shape index (κ3) is 6.55. The van der Waals surface area contributed by atoms with Gasteiger partial charge in [0.2, 0.25) is 5.91 Å². The topological polar surface area (TPSA) is 82.0 Å². The molecule has 1 aliphatic rings. The van der Waals surface area contributed by atoms with Gasteiger partial charge in [0, 0.05) is 25.8 Å². The highest BCUT2D eigenvalue weighted by Gasteiger charge is 2.18. The molecule has 1 aromatic carbocycles. The lowest BCUT2D eigenvalue weighted by molar-refractivity contribution is -0.137. The summed E-state index contributed by atoms with van der Waals surface area (Å²) in [5.41, 5.74) is 0.831. The summed E-state index contributed by atoms with van der Waals surface area (Å²) in [5.74, 6) is -0.196. The van der Waals surface area contributed by atoms with Gasteiger partial charge in [-0.15, -0.1) is 0 Å². The average Bonchev–Trinajstić information content (AvgIpc) is 3.01. The van der Waals surface area contributed by atoms with Crippen LogP contribution in [0.1, 0.15) is 44.9 Å². The molecule has 0 spiro atoms. The fraction of sp³-hybridized carbons (Fsp3) is 0.471. The highest BCUT2D eigenvalue weighted by atomic mass is 35.5. The number of hydrogen-bond acceptors (Lipinski definition) is 4. The molecule has 1 aromatic rings. The Bertz CT molecular complexity index is 665. The fourth-order valence-electron chi connectivity index (χ4n) is 2.52. The Morgan fingerprint density at radius 3 is 2.52 bits per heavy atom. The molecule has 8 heteroatoms. The van der Waals surface area contributed by atoms with Crippen LogP contribution >= 0.6 is 23.2 Å². The fourth-order valence-corrected chi connectivity index (χ4v) is 2.81. The van der Waals surface area contributed by atoms with Gasteiger partial charge < -0.3 is 10.4 Å². The van der Waals surface area contributed by atoms with Gasteiger partial charge in [-0.3, -0.25) is 14.6 Å². The van der Waals surface area contributed by atoms with E-state index < -0.39 is 5.97 Å². The maximum atomic E-state index is 11.9. The zero-order valence-electron chi connectivity index (χ0n) is 13.8. The molecule has 136 valence electrons. The monoisotopic (exact) mass is 385 g/mol. The standard InChI is InChI=1S/C17H21Cl2N3O3/c18-13-8-7-12(11-14(13)19)22-10-9-15(21-22)20-16(23)5-3-1-2-4-6-17(24)25/h7-8,11H,1-6,9-10H2,(H,24,25)(H,20,21,23). The number of anilines is 1. The zero-order valence-corrected chi connectivity index (χ0v) is 15.3. The predicted molar refractivity (Wildman–Crippen MR) is 99.3 cm³/mol. The summed E-state index contributed by atoms with van der Waals surface area (Å²) in [4.78, 5) is 22.3. The van der Waals surface area contributed by atoms with E-state index in [2.05, 4.69) is 10.4 Å². The Hall–Kier alpha value is -1.79. The number of unbranched alkanes of at least 4 members (excludes halogenated alkanes) is 3. The summed E-state index contributed by atoms with van der Waals surface area (Å²) in [5, 5.41) is 18.5. The van der Waals surface area contributed by atoms with Gasteiger partial charge in [0.1, 0.15) is 5.84 Å². The second kappa shape index (κ2) is 9.63. The number of nitrogens with zero attached hydrogens (tertiary/aromatic N) is 2. The minimum Gasteiger partial charge on any atom is -0.481 e. The van der Waals surface area contributed by atoms with Crippen LogP contribution in [-0.2, 0) is 9.59 Å². The van der Waals surface area contributed by atoms with Gasteiger partial charge >= 0.3 is 5.97 Å². The van der Waals surface area contributed by atoms with E-state index in [-0.39, 0.29) is 12.3 Å². The summed E-state index contributed by atoms with van der Waals surface area (Å²) in [6, 6.07) is 5.30. The summed E-state index contributed by atoms with van der Waals surface area (Å²) in [6.07, 6.45) is 4.34. The lowest BCUT2D eigenvalue weighted by Gasteiger charge is -2.13. The van der Waals surface area contributed by atoms with Crippen LogP contribution in [0.3, 0.4) is 0 Å². The Kier molecular flexibility index (Phi) is 7.52. The first kappa shape index (κ1) is 19.5. The second-order valence-electron chi connectivity index (χ2n) is 5.87. The van der Waals surface area contributed by atoms with Gasteiger partial charge in [-0.05, 0) is 31.0 Å². The number of hydrazone groups is 1. The van der Waals surface area contributed by atoms with E-state index >= 15 is 0 Å². The van der Waals surface area contributed by atoms with Gasteiger partial charge in [0.15, 0.2) is 0 Å². The third-order valence-electron chi connectivity index (χ3n) is 3.83. The first-order valence-corrected chi connectivity index (χ1v) is 9.03. The number of rotatable bonds is 8. The Morgan fingerprint density at radius 1 is 1.12 bits per heavy atom. The smallest absolute Gasteiger partial charge is 0.303 e. The molecule has 2 N–H and O–H groups in total. The number of halogens is 2. The number of carbonyl (C=O) groups excluding carboxylic acids is 1. The molecule has 2 rings (SSSR count). The van der Waals surface area contributed by atoms with Gasteiger partial charge in [-0.25, -0.2) is 0 Å². The largest absolute Gasteiger partial charge is 0.481 e. The van der Waals surface area contributed by atoms with Crippen LogP contribution in [0.2, 0.25) is 10.0 Å². The Labute approximate surface area is 156 Å². The van der Waals surface area contributed by atoms with Gasteiger partial charge in [-0.1, -0.05) is 36.0 Å². The van der Waals surface area contributed by atoms with E-state index in [0.29, 0.717) is 41.7 Å². The molecular weight excluding hydrogens is 365 g/mol. The maximum Gasteiger partial charge on any atom is 0.303 e. The highest BCUT2D eigenvalue weighted by molar-refractivity contribution is 6.42. The molecule has 0 fully saturated rings. The SMILES string of the molecule is O=C(O)CCCCCCC(=O)NC1=NN(c2ccc(Cl)c(Cl)c2)CC1. The van der Waals surface area contributed by atoms with Crippen LogP contribution in [0.15, 0.2) is 23.3 Å². The number of amides is 1. The highest BCUT2D eigenvalue weighted by Crippen LogP contribution is 2.28. The van der Waals surface area contributed by atoms with Gasteiger partial charge in [0.25, 0.3) is 0 Å². The van der Waals surface area contributed by atoms with Crippen molar-refractivity contribution in [3.63, 3.8) is 0 Å². The number of carbonyl (C=O) groups is 2. The van der Waals surface area contributed by atoms with Crippen LogP contribution in [0.5, 0.6) is 0 Å². The Morgan fingerprint density at radius 2 is 1.84 bits per heavy atom. The molecule has 0 radical (unpaired) electrons. The van der Waals surface area contributed by atoms with E-state index in [0.717, 1.165) is 24.9 Å². The van der Waals surface area contributed by atoms with Crippen LogP contribution < -0.4 is 10.3 Å². The molecule has 0 saturated carbocycles. The minimum absolute atomic E-state index is 0.0621. The molecule has 0 aliphatic carbocycles. The van der Waals surface area contributed by atoms with E-state index in [9.17, 15) is 9.59 Å². The molecule has 0 aromatic heterocycles. The molecule has 0 atom stereocenters. The summed E-state index contributed by atoms with van der Waals surface area (Å²) < 4.78 is 0. The first-order chi connectivity index (χ1) is 12.0. The number of carboxylic acids is 1. The van der Waals surface area contributed by atoms with Crippen molar-refractivity contribution in [1.29, 1.82) is 0 Å². The van der Waals surface area contributed by atoms with Crippen molar-refractivity contribution in [2.24, 2.45) is 5.10 Å². The van der Waals surface area contributed by atoms with Crippen LogP contribution in [-0.4, -0.2) is 29.4 Å². The number of amidine groups is 1. The number of carboxylic acid groups (broad SMARTS) is 1. The summed E-state index contributed by atoms with van der Waals surface area (Å²) in [7, 11) is 0. The average molecular weight is 386 g/mol. The molecule has 0 saturated heterocycles. The van der Waals surface area contributed by atoms with Crippen molar-refractivity contribution < 1.29 is 14.7 Å². The van der Waals surface area contributed by atoms with Crippen molar-refractivity contribution in [3.8, 4) is 0 Å². The Balaban J connectivity index is 1.72. The van der Waals surface area contributed by atoms with Crippen molar-refractivity contribution in [1.82, 2.24) is 5.32 Å². The molecule has 1 aliphatic heterocycles. The van der Waals surface area contributed by atoms with E-state index in [1.165, 1.54) is 0 Å². The molecule has 1 amide bonds. The number of nitrogens with one attached hydrogen (secondary N) is 1. The summed E-state index contributed by atoms with van der Waals surface area (Å²) >= 11 is 11.9. The second-order valence-corrected chi connectivity index (χ2v) is 6.69. The molecule has 25 heavy (non-hydrogen) atoms. The molecule has 0 unspecified atom stereocenters. The van der Waals surface area contributed by atoms with Crippen molar-refractivity contribution in [2.75, 3.05) is 11.6 Å². The van der Waals surface area contributed by atoms with Crippen LogP contribution in [0.4, 0.5) is 5.69 Å². The lowest BCUT2D eigenvalue weighted by atomic mass is 10.1. The molecule has 1 heterocycles. The quantitative estimate of drug-likeness (QED) is 0.661. The van der Waals surface area contributed by atoms with Crippen molar-refractivity contribution in [3.05, 3.63) is 28.2 Å². The summed E-state index contributed by atoms with van der Waals surface area (Å²) in [6.45, 7) is 0.669. The molecular formula is C17H21Cl2N3O3. The molecule has 6 nitrogen and oxygen atoms in total. The van der Waals surface area contributed by atoms with Gasteiger partial charge in [0.05, 0.1) is 15.7 Å². The third-order valence-corrected chi connectivity index (χ3v) is 4.57. The number of hydrogen-bond donors (Lipinski definition) is 2. The zero-order chi connectivity index (χ0) is 18.2. The minimum atomic E-state index is -0.775. The van der Waals surface area contributed by atoms with Gasteiger partial charge in [-0.2, -0.15) is 5.10 Å². The molecule has 0 bridgehead atoms. The number of benzene rings is 1. The van der Waals surface area contributed by atoms with E-state index in [4.69, 9.17) is 28.3 Å². The van der Waals surface area contributed by atoms with E-state index in [1.54, 1.807) is 17.1 Å². The van der Waals surface area contributed by atoms with Crippen molar-refractivity contribution >= 4 is 46.6 Å². The van der Waals surface area contributed by atoms with Crippen LogP contribution in [0, 0.1) is 0 Å². The normalized spacial score (nSPS) is 13.7. The van der Waals surface area contributed by atoms with E-state index in [1.807, 2.05) is 6.07 Å². The first-order valence-electron chi connectivity index (χ1n) is 8.27. The van der Waals surface area contributed by atoms with Crippen molar-refractivity contribution in [2.45, 2.75) is 44.9 Å². The predicted octanol–water partition coefficient (Wildman–Crippen LogP) is 4.06. The maximum absolute atomic E-state index is 11.9.